The monoisotopic (exact) mass is 283 g/mol. The number of nitrogens with zero attached hydrogens (tertiary/aromatic N) is 2. The highest BCUT2D eigenvalue weighted by Crippen LogP contribution is 2.23. The van der Waals surface area contributed by atoms with Crippen LogP contribution in [0.3, 0.4) is 0 Å². The van der Waals surface area contributed by atoms with Crippen LogP contribution in [0, 0.1) is 15.5 Å². The molecule has 110 valence electrons. The molecule has 8 heteroatoms. The molecule has 0 spiro atoms. The van der Waals surface area contributed by atoms with E-state index in [0.29, 0.717) is 13.0 Å². The van der Waals surface area contributed by atoms with Crippen molar-refractivity contribution in [1.29, 1.82) is 0 Å². The predicted molar refractivity (Wildman–Crippen MR) is 71.8 cm³/mol. The lowest BCUT2D eigenvalue weighted by molar-refractivity contribution is -0.385. The Morgan fingerprint density at radius 1 is 1.55 bits per heavy atom. The van der Waals surface area contributed by atoms with E-state index in [9.17, 15) is 14.9 Å². The normalized spacial score (nSPS) is 11.2. The molecule has 0 fully saturated rings. The number of aliphatic hydroxyl groups excluding tert-OH is 1. The van der Waals surface area contributed by atoms with Crippen molar-refractivity contribution in [2.24, 2.45) is 5.41 Å². The highest BCUT2D eigenvalue weighted by Gasteiger charge is 2.22. The number of carboxylic acid groups (broad SMARTS) is 1. The summed E-state index contributed by atoms with van der Waals surface area (Å²) in [6, 6.07) is 1.13. The van der Waals surface area contributed by atoms with Gasteiger partial charge in [0.15, 0.2) is 0 Å². The van der Waals surface area contributed by atoms with E-state index in [0.717, 1.165) is 12.3 Å². The van der Waals surface area contributed by atoms with Crippen molar-refractivity contribution in [3.63, 3.8) is 0 Å². The van der Waals surface area contributed by atoms with Crippen molar-refractivity contribution < 1.29 is 19.9 Å². The molecule has 1 rings (SSSR count). The molecule has 1 aromatic heterocycles. The second-order valence-electron chi connectivity index (χ2n) is 5.14. The van der Waals surface area contributed by atoms with E-state index in [-0.39, 0.29) is 17.8 Å². The van der Waals surface area contributed by atoms with Gasteiger partial charge >= 0.3 is 11.7 Å². The Balaban J connectivity index is 2.91. The van der Waals surface area contributed by atoms with E-state index in [4.69, 9.17) is 10.2 Å². The number of anilines is 1. The number of carboxylic acids is 1. The highest BCUT2D eigenvalue weighted by atomic mass is 16.6. The molecule has 1 heterocycles. The van der Waals surface area contributed by atoms with Gasteiger partial charge in [-0.1, -0.05) is 13.8 Å². The number of pyridine rings is 1. The molecule has 0 saturated heterocycles. The number of rotatable bonds is 7. The van der Waals surface area contributed by atoms with Gasteiger partial charge in [-0.05, 0) is 11.8 Å². The minimum atomic E-state index is -1.38. The van der Waals surface area contributed by atoms with Crippen molar-refractivity contribution >= 4 is 17.5 Å². The number of aromatic nitrogens is 1. The largest absolute Gasteiger partial charge is 0.477 e. The summed E-state index contributed by atoms with van der Waals surface area (Å²) in [5.74, 6) is -1.13. The first-order chi connectivity index (χ1) is 9.26. The lowest BCUT2D eigenvalue weighted by Crippen LogP contribution is -2.24. The van der Waals surface area contributed by atoms with Gasteiger partial charge in [-0.3, -0.25) is 10.1 Å². The van der Waals surface area contributed by atoms with Gasteiger partial charge in [0.2, 0.25) is 0 Å². The van der Waals surface area contributed by atoms with Crippen LogP contribution in [0.2, 0.25) is 0 Å². The standard InChI is InChI=1S/C12H17N3O5/c1-12(2,3-4-16)7-14-10-5-8(11(17)18)9(6-13-10)15(19)20/h5-6,16H,3-4,7H2,1-2H3,(H,13,14)(H,17,18). The number of nitrogens with one attached hydrogen (secondary N) is 1. The first-order valence-corrected chi connectivity index (χ1v) is 5.99. The van der Waals surface area contributed by atoms with Crippen LogP contribution in [0.25, 0.3) is 0 Å². The maximum atomic E-state index is 11.0. The third kappa shape index (κ3) is 4.16. The average Bonchev–Trinajstić information content (AvgIpc) is 2.35. The summed E-state index contributed by atoms with van der Waals surface area (Å²) in [4.78, 5) is 24.7. The molecular weight excluding hydrogens is 266 g/mol. The van der Waals surface area contributed by atoms with Gasteiger partial charge in [-0.25, -0.2) is 9.78 Å². The smallest absolute Gasteiger partial charge is 0.342 e. The third-order valence-electron chi connectivity index (χ3n) is 2.85. The first kappa shape index (κ1) is 15.8. The first-order valence-electron chi connectivity index (χ1n) is 5.99. The summed E-state index contributed by atoms with van der Waals surface area (Å²) in [5, 5.41) is 31.5. The molecule has 0 bridgehead atoms. The van der Waals surface area contributed by atoms with E-state index in [1.807, 2.05) is 13.8 Å². The topological polar surface area (TPSA) is 126 Å². The van der Waals surface area contributed by atoms with Crippen molar-refractivity contribution in [3.05, 3.63) is 27.9 Å². The molecule has 20 heavy (non-hydrogen) atoms. The highest BCUT2D eigenvalue weighted by molar-refractivity contribution is 5.93. The second kappa shape index (κ2) is 6.29. The van der Waals surface area contributed by atoms with E-state index in [2.05, 4.69) is 10.3 Å². The number of aliphatic hydroxyl groups is 1. The van der Waals surface area contributed by atoms with Gasteiger partial charge in [0.25, 0.3) is 0 Å². The van der Waals surface area contributed by atoms with Crippen LogP contribution in [-0.4, -0.2) is 39.2 Å². The number of hydrogen-bond acceptors (Lipinski definition) is 6. The van der Waals surface area contributed by atoms with Gasteiger partial charge in [-0.15, -0.1) is 0 Å². The van der Waals surface area contributed by atoms with E-state index in [1.54, 1.807) is 0 Å². The predicted octanol–water partition coefficient (Wildman–Crippen LogP) is 1.51. The Kier molecular flexibility index (Phi) is 4.98. The zero-order valence-corrected chi connectivity index (χ0v) is 11.3. The molecule has 0 amide bonds. The molecule has 0 saturated carbocycles. The van der Waals surface area contributed by atoms with Crippen molar-refractivity contribution in [2.45, 2.75) is 20.3 Å². The zero-order valence-electron chi connectivity index (χ0n) is 11.3. The van der Waals surface area contributed by atoms with Gasteiger partial charge in [-0.2, -0.15) is 0 Å². The number of carbonyl (C=O) groups is 1. The lowest BCUT2D eigenvalue weighted by atomic mass is 9.90. The Bertz CT molecular complexity index is 516. The Hall–Kier alpha value is -2.22. The molecular formula is C12H17N3O5. The van der Waals surface area contributed by atoms with Crippen LogP contribution in [0.15, 0.2) is 12.3 Å². The molecule has 0 radical (unpaired) electrons. The van der Waals surface area contributed by atoms with Gasteiger partial charge in [0.1, 0.15) is 17.6 Å². The summed E-state index contributed by atoms with van der Waals surface area (Å²) in [6.07, 6.45) is 1.49. The Labute approximate surface area is 115 Å². The zero-order chi connectivity index (χ0) is 15.3. The lowest BCUT2D eigenvalue weighted by Gasteiger charge is -2.24. The number of hydrogen-bond donors (Lipinski definition) is 3. The fourth-order valence-electron chi connectivity index (χ4n) is 1.58. The SMILES string of the molecule is CC(C)(CCO)CNc1cc(C(=O)O)c([N+](=O)[O-])cn1. The maximum Gasteiger partial charge on any atom is 0.342 e. The van der Waals surface area contributed by atoms with Crippen LogP contribution in [0.4, 0.5) is 11.5 Å². The summed E-state index contributed by atoms with van der Waals surface area (Å²) in [5.41, 5.74) is -1.16. The molecule has 0 aliphatic carbocycles. The molecule has 0 aliphatic rings. The molecule has 0 unspecified atom stereocenters. The van der Waals surface area contributed by atoms with Crippen LogP contribution in [-0.2, 0) is 0 Å². The fourth-order valence-corrected chi connectivity index (χ4v) is 1.58. The Morgan fingerprint density at radius 2 is 2.20 bits per heavy atom. The summed E-state index contributed by atoms with van der Waals surface area (Å²) < 4.78 is 0. The summed E-state index contributed by atoms with van der Waals surface area (Å²) in [6.45, 7) is 4.36. The fraction of sp³-hybridized carbons (Fsp3) is 0.500. The van der Waals surface area contributed by atoms with E-state index < -0.39 is 22.1 Å². The van der Waals surface area contributed by atoms with E-state index in [1.165, 1.54) is 0 Å². The minimum Gasteiger partial charge on any atom is -0.477 e. The molecule has 1 aromatic rings. The molecule has 8 nitrogen and oxygen atoms in total. The van der Waals surface area contributed by atoms with Crippen molar-refractivity contribution in [1.82, 2.24) is 4.98 Å². The van der Waals surface area contributed by atoms with Crippen LogP contribution < -0.4 is 5.32 Å². The second-order valence-corrected chi connectivity index (χ2v) is 5.14. The quantitative estimate of drug-likeness (QED) is 0.511. The maximum absolute atomic E-state index is 11.0. The van der Waals surface area contributed by atoms with Crippen LogP contribution in [0.5, 0.6) is 0 Å². The van der Waals surface area contributed by atoms with Crippen LogP contribution in [0.1, 0.15) is 30.6 Å². The number of nitro groups is 1. The van der Waals surface area contributed by atoms with Crippen LogP contribution >= 0.6 is 0 Å². The minimum absolute atomic E-state index is 0.0444. The van der Waals surface area contributed by atoms with Crippen molar-refractivity contribution in [3.8, 4) is 0 Å². The van der Waals surface area contributed by atoms with Gasteiger partial charge in [0, 0.05) is 19.2 Å². The van der Waals surface area contributed by atoms with Gasteiger partial charge in [0.05, 0.1) is 4.92 Å². The number of aromatic carboxylic acids is 1. The summed E-state index contributed by atoms with van der Waals surface area (Å²) in [7, 11) is 0. The van der Waals surface area contributed by atoms with Crippen molar-refractivity contribution in [2.75, 3.05) is 18.5 Å². The third-order valence-corrected chi connectivity index (χ3v) is 2.85. The Morgan fingerprint density at radius 3 is 2.70 bits per heavy atom. The average molecular weight is 283 g/mol. The van der Waals surface area contributed by atoms with Gasteiger partial charge < -0.3 is 15.5 Å². The molecule has 0 atom stereocenters. The molecule has 0 aliphatic heterocycles. The summed E-state index contributed by atoms with van der Waals surface area (Å²) >= 11 is 0. The molecule has 0 aromatic carbocycles. The molecule has 3 N–H and O–H groups in total. The van der Waals surface area contributed by atoms with E-state index >= 15 is 0 Å².